The maximum atomic E-state index is 12.3. The molecule has 0 aromatic heterocycles. The molecule has 0 radical (unpaired) electrons. The van der Waals surface area contributed by atoms with Crippen molar-refractivity contribution in [3.05, 3.63) is 83.9 Å². The second-order valence-electron chi connectivity index (χ2n) is 5.48. The van der Waals surface area contributed by atoms with E-state index in [1.54, 1.807) is 6.08 Å². The normalized spacial score (nSPS) is 11.7. The number of ether oxygens (including phenoxy) is 1. The van der Waals surface area contributed by atoms with E-state index in [0.717, 1.165) is 16.7 Å². The van der Waals surface area contributed by atoms with E-state index >= 15 is 0 Å². The minimum Gasteiger partial charge on any atom is -0.460 e. The standard InChI is InChI=1S/C20H23NO2/c1-3-9-19(21-14-17-11-5-4-6-12-17)20(22)23-15-18-13-8-7-10-16(18)2/h3-8,10-13,19,21H,1,9,14-15H2,2H3. The molecule has 120 valence electrons. The molecule has 23 heavy (non-hydrogen) atoms. The van der Waals surface area contributed by atoms with Gasteiger partial charge in [0.1, 0.15) is 12.6 Å². The largest absolute Gasteiger partial charge is 0.460 e. The van der Waals surface area contributed by atoms with Crippen LogP contribution in [0.25, 0.3) is 0 Å². The Bertz CT molecular complexity index is 637. The van der Waals surface area contributed by atoms with Crippen molar-refractivity contribution in [2.45, 2.75) is 32.5 Å². The highest BCUT2D eigenvalue weighted by molar-refractivity contribution is 5.76. The van der Waals surface area contributed by atoms with E-state index in [4.69, 9.17) is 4.74 Å². The minimum absolute atomic E-state index is 0.246. The van der Waals surface area contributed by atoms with Gasteiger partial charge in [0.15, 0.2) is 0 Å². The molecule has 3 heteroatoms. The number of nitrogens with one attached hydrogen (secondary N) is 1. The zero-order valence-electron chi connectivity index (χ0n) is 13.5. The summed E-state index contributed by atoms with van der Waals surface area (Å²) in [6, 6.07) is 17.5. The molecule has 0 aliphatic carbocycles. The third-order valence-electron chi connectivity index (χ3n) is 3.71. The Hall–Kier alpha value is -2.39. The van der Waals surface area contributed by atoms with Crippen LogP contribution < -0.4 is 5.32 Å². The molecule has 2 aromatic rings. The van der Waals surface area contributed by atoms with Crippen LogP contribution in [-0.2, 0) is 22.7 Å². The van der Waals surface area contributed by atoms with Crippen molar-refractivity contribution in [3.8, 4) is 0 Å². The average Bonchev–Trinajstić information content (AvgIpc) is 2.58. The van der Waals surface area contributed by atoms with Gasteiger partial charge in [-0.15, -0.1) is 6.58 Å². The fourth-order valence-electron chi connectivity index (χ4n) is 2.29. The zero-order chi connectivity index (χ0) is 16.5. The lowest BCUT2D eigenvalue weighted by Gasteiger charge is -2.17. The molecule has 2 rings (SSSR count). The molecule has 0 saturated heterocycles. The lowest BCUT2D eigenvalue weighted by molar-refractivity contribution is -0.147. The van der Waals surface area contributed by atoms with Crippen LogP contribution in [0.15, 0.2) is 67.3 Å². The third-order valence-corrected chi connectivity index (χ3v) is 3.71. The van der Waals surface area contributed by atoms with Gasteiger partial charge in [-0.2, -0.15) is 0 Å². The molecule has 0 bridgehead atoms. The van der Waals surface area contributed by atoms with Crippen LogP contribution in [0.2, 0.25) is 0 Å². The van der Waals surface area contributed by atoms with Gasteiger partial charge in [-0.1, -0.05) is 60.7 Å². The van der Waals surface area contributed by atoms with E-state index in [2.05, 4.69) is 11.9 Å². The van der Waals surface area contributed by atoms with Crippen molar-refractivity contribution >= 4 is 5.97 Å². The van der Waals surface area contributed by atoms with Gasteiger partial charge < -0.3 is 10.1 Å². The van der Waals surface area contributed by atoms with Gasteiger partial charge in [0.2, 0.25) is 0 Å². The molecule has 0 spiro atoms. The highest BCUT2D eigenvalue weighted by atomic mass is 16.5. The van der Waals surface area contributed by atoms with E-state index in [-0.39, 0.29) is 12.0 Å². The molecule has 1 atom stereocenters. The van der Waals surface area contributed by atoms with Crippen LogP contribution in [0.3, 0.4) is 0 Å². The van der Waals surface area contributed by atoms with Gasteiger partial charge in [0.25, 0.3) is 0 Å². The molecular formula is C20H23NO2. The Morgan fingerprint density at radius 1 is 1.17 bits per heavy atom. The van der Waals surface area contributed by atoms with Crippen LogP contribution in [0.1, 0.15) is 23.1 Å². The molecule has 0 fully saturated rings. The zero-order valence-corrected chi connectivity index (χ0v) is 13.5. The smallest absolute Gasteiger partial charge is 0.323 e. The summed E-state index contributed by atoms with van der Waals surface area (Å²) in [4.78, 5) is 12.3. The van der Waals surface area contributed by atoms with Crippen molar-refractivity contribution in [2.24, 2.45) is 0 Å². The van der Waals surface area contributed by atoms with Gasteiger partial charge in [-0.25, -0.2) is 0 Å². The molecule has 2 aromatic carbocycles. The number of rotatable bonds is 8. The lowest BCUT2D eigenvalue weighted by Crippen LogP contribution is -2.37. The van der Waals surface area contributed by atoms with Crippen molar-refractivity contribution < 1.29 is 9.53 Å². The Morgan fingerprint density at radius 3 is 2.57 bits per heavy atom. The molecule has 0 heterocycles. The third kappa shape index (κ3) is 5.38. The van der Waals surface area contributed by atoms with Crippen molar-refractivity contribution in [1.29, 1.82) is 0 Å². The van der Waals surface area contributed by atoms with Crippen molar-refractivity contribution in [2.75, 3.05) is 0 Å². The maximum absolute atomic E-state index is 12.3. The molecular weight excluding hydrogens is 286 g/mol. The van der Waals surface area contributed by atoms with Crippen LogP contribution in [0.5, 0.6) is 0 Å². The summed E-state index contributed by atoms with van der Waals surface area (Å²) < 4.78 is 5.46. The second-order valence-corrected chi connectivity index (χ2v) is 5.48. The van der Waals surface area contributed by atoms with E-state index in [1.807, 2.05) is 61.5 Å². The first-order valence-corrected chi connectivity index (χ1v) is 7.80. The summed E-state index contributed by atoms with van der Waals surface area (Å²) in [5.74, 6) is -0.246. The van der Waals surface area contributed by atoms with E-state index in [0.29, 0.717) is 19.6 Å². The Morgan fingerprint density at radius 2 is 1.87 bits per heavy atom. The topological polar surface area (TPSA) is 38.3 Å². The Labute approximate surface area is 138 Å². The summed E-state index contributed by atoms with van der Waals surface area (Å²) >= 11 is 0. The van der Waals surface area contributed by atoms with Crippen molar-refractivity contribution in [3.63, 3.8) is 0 Å². The predicted octanol–water partition coefficient (Wildman–Crippen LogP) is 3.77. The molecule has 3 nitrogen and oxygen atoms in total. The Balaban J connectivity index is 1.90. The van der Waals surface area contributed by atoms with Crippen molar-refractivity contribution in [1.82, 2.24) is 5.32 Å². The summed E-state index contributed by atoms with van der Waals surface area (Å²) in [6.07, 6.45) is 2.27. The summed E-state index contributed by atoms with van der Waals surface area (Å²) in [7, 11) is 0. The molecule has 0 saturated carbocycles. The summed E-state index contributed by atoms with van der Waals surface area (Å²) in [5, 5.41) is 3.24. The molecule has 1 unspecified atom stereocenters. The summed E-state index contributed by atoms with van der Waals surface area (Å²) in [6.45, 7) is 6.66. The number of aryl methyl sites for hydroxylation is 1. The first kappa shape index (κ1) is 17.0. The predicted molar refractivity (Wildman–Crippen MR) is 92.9 cm³/mol. The van der Waals surface area contributed by atoms with E-state index < -0.39 is 0 Å². The van der Waals surface area contributed by atoms with Gasteiger partial charge in [0, 0.05) is 6.54 Å². The second kappa shape index (κ2) is 8.91. The highest BCUT2D eigenvalue weighted by Gasteiger charge is 2.18. The number of benzene rings is 2. The Kier molecular flexibility index (Phi) is 6.57. The highest BCUT2D eigenvalue weighted by Crippen LogP contribution is 2.10. The summed E-state index contributed by atoms with van der Waals surface area (Å²) in [5.41, 5.74) is 3.28. The average molecular weight is 309 g/mol. The molecule has 0 aliphatic rings. The fourth-order valence-corrected chi connectivity index (χ4v) is 2.29. The van der Waals surface area contributed by atoms with Gasteiger partial charge in [-0.3, -0.25) is 4.79 Å². The number of carbonyl (C=O) groups excluding carboxylic acids is 1. The van der Waals surface area contributed by atoms with Crippen LogP contribution in [0, 0.1) is 6.92 Å². The monoisotopic (exact) mass is 309 g/mol. The fraction of sp³-hybridized carbons (Fsp3) is 0.250. The number of hydrogen-bond donors (Lipinski definition) is 1. The van der Waals surface area contributed by atoms with Gasteiger partial charge in [-0.05, 0) is 30.0 Å². The first-order valence-electron chi connectivity index (χ1n) is 7.80. The maximum Gasteiger partial charge on any atom is 0.323 e. The molecule has 1 N–H and O–H groups in total. The van der Waals surface area contributed by atoms with Gasteiger partial charge in [0.05, 0.1) is 0 Å². The van der Waals surface area contributed by atoms with Crippen LogP contribution in [0.4, 0.5) is 0 Å². The number of carbonyl (C=O) groups is 1. The molecule has 0 amide bonds. The SMILES string of the molecule is C=CCC(NCc1ccccc1)C(=O)OCc1ccccc1C. The quantitative estimate of drug-likeness (QED) is 0.596. The van der Waals surface area contributed by atoms with Crippen LogP contribution in [-0.4, -0.2) is 12.0 Å². The van der Waals surface area contributed by atoms with E-state index in [9.17, 15) is 4.79 Å². The number of hydrogen-bond acceptors (Lipinski definition) is 3. The van der Waals surface area contributed by atoms with E-state index in [1.165, 1.54) is 0 Å². The first-order chi connectivity index (χ1) is 11.2. The number of esters is 1. The lowest BCUT2D eigenvalue weighted by atomic mass is 10.1. The molecule has 0 aliphatic heterocycles. The van der Waals surface area contributed by atoms with Crippen LogP contribution >= 0.6 is 0 Å². The minimum atomic E-state index is -0.378. The van der Waals surface area contributed by atoms with Gasteiger partial charge >= 0.3 is 5.97 Å².